The van der Waals surface area contributed by atoms with E-state index in [4.69, 9.17) is 23.4 Å². The van der Waals surface area contributed by atoms with E-state index >= 15 is 0 Å². The van der Waals surface area contributed by atoms with Crippen LogP contribution in [0.4, 0.5) is 0 Å². The van der Waals surface area contributed by atoms with Crippen molar-refractivity contribution in [2.75, 3.05) is 14.2 Å². The summed E-state index contributed by atoms with van der Waals surface area (Å²) in [5.74, 6) is -2.06. The van der Waals surface area contributed by atoms with E-state index in [1.165, 1.54) is 0 Å². The molecule has 2 aromatic carbocycles. The van der Waals surface area contributed by atoms with E-state index < -0.39 is 31.6 Å². The molecule has 3 aliphatic rings. The van der Waals surface area contributed by atoms with Gasteiger partial charge < -0.3 is 23.4 Å². The summed E-state index contributed by atoms with van der Waals surface area (Å²) in [6.07, 6.45) is 3.37. The molecule has 1 saturated heterocycles. The molecule has 2 aromatic rings. The van der Waals surface area contributed by atoms with Gasteiger partial charge in [0.2, 0.25) is 5.79 Å². The number of hydrogen-bond donors (Lipinski definition) is 0. The molecule has 6 nitrogen and oxygen atoms in total. The van der Waals surface area contributed by atoms with Crippen LogP contribution in [0.3, 0.4) is 0 Å². The van der Waals surface area contributed by atoms with Gasteiger partial charge in [0, 0.05) is 38.2 Å². The van der Waals surface area contributed by atoms with Crippen molar-refractivity contribution in [3.63, 3.8) is 0 Å². The van der Waals surface area contributed by atoms with Crippen molar-refractivity contribution >= 4 is 24.5 Å². The van der Waals surface area contributed by atoms with Crippen LogP contribution in [0.1, 0.15) is 54.4 Å². The fourth-order valence-electron chi connectivity index (χ4n) is 7.06. The Morgan fingerprint density at radius 3 is 1.93 bits per heavy atom. The Bertz CT molecular complexity index is 1270. The van der Waals surface area contributed by atoms with Gasteiger partial charge in [-0.15, -0.1) is 0 Å². The summed E-state index contributed by atoms with van der Waals surface area (Å²) < 4.78 is 32.7. The SMILES string of the molecule is COC1(OC)C=CC(=O)C2=C1C[C@@]1(C[C@@H]2O[Si](c2ccccc2)(c2ccccc2)C(C)(C)C)OC(C)(C)O[C@H]1C. The molecule has 1 aliphatic heterocycles. The Morgan fingerprint density at radius 2 is 1.48 bits per heavy atom. The van der Waals surface area contributed by atoms with Crippen LogP contribution in [0.25, 0.3) is 0 Å². The largest absolute Gasteiger partial charge is 0.400 e. The zero-order valence-corrected chi connectivity index (χ0v) is 25.9. The summed E-state index contributed by atoms with van der Waals surface area (Å²) in [6, 6.07) is 21.0. The fourth-order valence-corrected chi connectivity index (χ4v) is 11.7. The average molecular weight is 563 g/mol. The van der Waals surface area contributed by atoms with Crippen molar-refractivity contribution in [3.8, 4) is 0 Å². The molecule has 0 saturated carbocycles. The molecule has 0 bridgehead atoms. The number of benzene rings is 2. The second kappa shape index (κ2) is 10.2. The van der Waals surface area contributed by atoms with Gasteiger partial charge >= 0.3 is 0 Å². The van der Waals surface area contributed by atoms with Crippen LogP contribution >= 0.6 is 0 Å². The molecular formula is C33H42O6Si. The van der Waals surface area contributed by atoms with E-state index in [9.17, 15) is 4.79 Å². The average Bonchev–Trinajstić information content (AvgIpc) is 3.14. The molecule has 0 aromatic heterocycles. The Hall–Kier alpha value is -2.39. The van der Waals surface area contributed by atoms with Gasteiger partial charge in [0.15, 0.2) is 11.6 Å². The van der Waals surface area contributed by atoms with Crippen molar-refractivity contribution in [2.45, 2.75) is 88.8 Å². The molecule has 2 aliphatic carbocycles. The first-order valence-electron chi connectivity index (χ1n) is 14.1. The first kappa shape index (κ1) is 29.1. The van der Waals surface area contributed by atoms with Crippen LogP contribution in [0.15, 0.2) is 84.0 Å². The number of ketones is 1. The van der Waals surface area contributed by atoms with Crippen molar-refractivity contribution in [3.05, 3.63) is 84.0 Å². The fraction of sp³-hybridized carbons (Fsp3) is 0.485. The third-order valence-corrected chi connectivity index (χ3v) is 13.8. The van der Waals surface area contributed by atoms with Gasteiger partial charge in [-0.1, -0.05) is 81.4 Å². The molecule has 214 valence electrons. The predicted molar refractivity (Wildman–Crippen MR) is 158 cm³/mol. The van der Waals surface area contributed by atoms with E-state index in [1.807, 2.05) is 32.9 Å². The molecule has 5 rings (SSSR count). The molecule has 1 fully saturated rings. The summed E-state index contributed by atoms with van der Waals surface area (Å²) >= 11 is 0. The third kappa shape index (κ3) is 4.57. The molecule has 0 radical (unpaired) electrons. The zero-order valence-electron chi connectivity index (χ0n) is 24.9. The van der Waals surface area contributed by atoms with Gasteiger partial charge in [-0.25, -0.2) is 0 Å². The second-order valence-corrected chi connectivity index (χ2v) is 16.9. The minimum absolute atomic E-state index is 0.0802. The minimum Gasteiger partial charge on any atom is -0.400 e. The molecule has 3 atom stereocenters. The van der Waals surface area contributed by atoms with Gasteiger partial charge in [-0.05, 0) is 48.3 Å². The highest BCUT2D eigenvalue weighted by Gasteiger charge is 2.61. The first-order valence-corrected chi connectivity index (χ1v) is 16.0. The normalized spacial score (nSPS) is 27.8. The standard InChI is InChI=1S/C33H42O6Si/c1-23-32(39-31(5,6)37-23)21-26-29(27(34)19-20-33(26,35-7)36-8)28(22-32)38-40(30(2,3)4,24-15-11-9-12-16-24)25-17-13-10-14-18-25/h9-20,23,28H,21-22H2,1-8H3/t23-,28-,32-/m0/s1. The highest BCUT2D eigenvalue weighted by Crippen LogP contribution is 2.53. The Labute approximate surface area is 239 Å². The highest BCUT2D eigenvalue weighted by molar-refractivity contribution is 6.99. The van der Waals surface area contributed by atoms with Crippen molar-refractivity contribution in [2.24, 2.45) is 0 Å². The minimum atomic E-state index is -3.02. The Morgan fingerprint density at radius 1 is 0.925 bits per heavy atom. The summed E-state index contributed by atoms with van der Waals surface area (Å²) in [5, 5.41) is 2.03. The summed E-state index contributed by atoms with van der Waals surface area (Å²) in [6.45, 7) is 12.6. The van der Waals surface area contributed by atoms with E-state index in [-0.39, 0.29) is 16.9 Å². The van der Waals surface area contributed by atoms with Gasteiger partial charge in [0.05, 0.1) is 12.2 Å². The predicted octanol–water partition coefficient (Wildman–Crippen LogP) is 5.06. The molecule has 1 spiro atoms. The van der Waals surface area contributed by atoms with Gasteiger partial charge in [0.1, 0.15) is 5.60 Å². The maximum absolute atomic E-state index is 13.8. The molecule has 0 unspecified atom stereocenters. The van der Waals surface area contributed by atoms with Crippen LogP contribution in [0.5, 0.6) is 0 Å². The highest BCUT2D eigenvalue weighted by atomic mass is 28.4. The first-order chi connectivity index (χ1) is 18.8. The van der Waals surface area contributed by atoms with Crippen molar-refractivity contribution < 1.29 is 28.2 Å². The number of hydrogen-bond acceptors (Lipinski definition) is 6. The maximum Gasteiger partial charge on any atom is 0.261 e. The summed E-state index contributed by atoms with van der Waals surface area (Å²) in [7, 11) is 0.185. The summed E-state index contributed by atoms with van der Waals surface area (Å²) in [5.41, 5.74) is 0.615. The number of allylic oxidation sites excluding steroid dienone is 1. The number of ether oxygens (including phenoxy) is 4. The van der Waals surface area contributed by atoms with Crippen LogP contribution in [-0.2, 0) is 28.2 Å². The van der Waals surface area contributed by atoms with Gasteiger partial charge in [0.25, 0.3) is 8.32 Å². The van der Waals surface area contributed by atoms with Crippen LogP contribution in [0.2, 0.25) is 5.04 Å². The quantitative estimate of drug-likeness (QED) is 0.362. The third-order valence-electron chi connectivity index (χ3n) is 8.79. The lowest BCUT2D eigenvalue weighted by Crippen LogP contribution is -2.69. The van der Waals surface area contributed by atoms with Crippen molar-refractivity contribution in [1.29, 1.82) is 0 Å². The van der Waals surface area contributed by atoms with Gasteiger partial charge in [-0.2, -0.15) is 0 Å². The lowest BCUT2D eigenvalue weighted by molar-refractivity contribution is -0.180. The van der Waals surface area contributed by atoms with Crippen molar-refractivity contribution in [1.82, 2.24) is 0 Å². The lowest BCUT2D eigenvalue weighted by Gasteiger charge is -2.51. The molecule has 0 N–H and O–H groups in total. The molecule has 40 heavy (non-hydrogen) atoms. The van der Waals surface area contributed by atoms with E-state index in [2.05, 4.69) is 69.3 Å². The van der Waals surface area contributed by atoms with Gasteiger partial charge in [-0.3, -0.25) is 4.79 Å². The van der Waals surface area contributed by atoms with Crippen LogP contribution in [0, 0.1) is 0 Å². The Kier molecular flexibility index (Phi) is 7.39. The number of methoxy groups -OCH3 is 2. The zero-order chi connectivity index (χ0) is 29.0. The van der Waals surface area contributed by atoms with Crippen LogP contribution in [-0.4, -0.2) is 57.7 Å². The lowest BCUT2D eigenvalue weighted by atomic mass is 9.71. The van der Waals surface area contributed by atoms with E-state index in [1.54, 1.807) is 26.4 Å². The number of rotatable bonds is 6. The molecule has 1 heterocycles. The topological polar surface area (TPSA) is 63.2 Å². The summed E-state index contributed by atoms with van der Waals surface area (Å²) in [4.78, 5) is 13.8. The molecule has 0 amide bonds. The van der Waals surface area contributed by atoms with Crippen LogP contribution < -0.4 is 10.4 Å². The van der Waals surface area contributed by atoms with E-state index in [0.717, 1.165) is 15.9 Å². The van der Waals surface area contributed by atoms with E-state index in [0.29, 0.717) is 18.4 Å². The number of carbonyl (C=O) groups excluding carboxylic acids is 1. The Balaban J connectivity index is 1.76. The maximum atomic E-state index is 13.8. The monoisotopic (exact) mass is 562 g/mol. The molecular weight excluding hydrogens is 520 g/mol. The molecule has 7 heteroatoms. The second-order valence-electron chi connectivity index (χ2n) is 12.6. The smallest absolute Gasteiger partial charge is 0.261 e. The number of carbonyl (C=O) groups is 1.